The zero-order valence-electron chi connectivity index (χ0n) is 17.1. The fourth-order valence-electron chi connectivity index (χ4n) is 4.07. The highest BCUT2D eigenvalue weighted by Gasteiger charge is 2.43. The summed E-state index contributed by atoms with van der Waals surface area (Å²) in [6.07, 6.45) is 5.26. The number of dihydropyridines is 1. The van der Waals surface area contributed by atoms with Crippen molar-refractivity contribution in [1.29, 1.82) is 0 Å². The first-order valence-corrected chi connectivity index (χ1v) is 10.2. The average molecular weight is 434 g/mol. The molecule has 0 fully saturated rings. The molecule has 5 nitrogen and oxygen atoms in total. The molecule has 1 aliphatic heterocycles. The number of ketones is 1. The second-order valence-electron chi connectivity index (χ2n) is 7.16. The van der Waals surface area contributed by atoms with Gasteiger partial charge < -0.3 is 14.8 Å². The third-order valence-electron chi connectivity index (χ3n) is 5.34. The Bertz CT molecular complexity index is 1200. The van der Waals surface area contributed by atoms with E-state index < -0.39 is 11.9 Å². The third kappa shape index (κ3) is 3.49. The van der Waals surface area contributed by atoms with Gasteiger partial charge in [0.1, 0.15) is 12.4 Å². The smallest absolute Gasteiger partial charge is 0.336 e. The van der Waals surface area contributed by atoms with Crippen LogP contribution in [0.4, 0.5) is 0 Å². The molecule has 0 saturated heterocycles. The summed E-state index contributed by atoms with van der Waals surface area (Å²) in [5.74, 6) is 1.61. The van der Waals surface area contributed by atoms with Crippen LogP contribution < -0.4 is 10.1 Å². The largest absolute Gasteiger partial charge is 0.479 e. The van der Waals surface area contributed by atoms with E-state index in [0.717, 1.165) is 5.56 Å². The molecule has 0 unspecified atom stereocenters. The summed E-state index contributed by atoms with van der Waals surface area (Å²) in [5, 5.41) is 3.61. The van der Waals surface area contributed by atoms with Crippen LogP contribution in [-0.4, -0.2) is 25.0 Å². The molecule has 1 atom stereocenters. The maximum absolute atomic E-state index is 13.4. The van der Waals surface area contributed by atoms with Gasteiger partial charge >= 0.3 is 5.97 Å². The quantitative estimate of drug-likeness (QED) is 0.556. The maximum atomic E-state index is 13.4. The monoisotopic (exact) mass is 433 g/mol. The fraction of sp³-hybridized carbons (Fsp3) is 0.200. The lowest BCUT2D eigenvalue weighted by molar-refractivity contribution is -0.138. The molecule has 4 rings (SSSR count). The van der Waals surface area contributed by atoms with Crippen molar-refractivity contribution >= 4 is 29.1 Å². The number of terminal acetylenes is 1. The van der Waals surface area contributed by atoms with E-state index in [9.17, 15) is 9.59 Å². The molecule has 0 bridgehead atoms. The van der Waals surface area contributed by atoms with Gasteiger partial charge in [0, 0.05) is 28.3 Å². The highest BCUT2D eigenvalue weighted by molar-refractivity contribution is 6.32. The molecule has 2 aliphatic rings. The molecule has 0 amide bonds. The first-order valence-electron chi connectivity index (χ1n) is 9.86. The van der Waals surface area contributed by atoms with Crippen molar-refractivity contribution in [3.63, 3.8) is 0 Å². The normalized spacial score (nSPS) is 17.0. The number of carbonyl (C=O) groups excluding carboxylic acids is 2. The van der Waals surface area contributed by atoms with Gasteiger partial charge in [-0.25, -0.2) is 4.79 Å². The minimum atomic E-state index is -0.630. The Balaban J connectivity index is 1.87. The topological polar surface area (TPSA) is 64.6 Å². The third-order valence-corrected chi connectivity index (χ3v) is 5.64. The van der Waals surface area contributed by atoms with E-state index in [0.29, 0.717) is 44.4 Å². The highest BCUT2D eigenvalue weighted by Crippen LogP contribution is 2.47. The number of ether oxygens (including phenoxy) is 2. The molecule has 1 heterocycles. The molecule has 2 aromatic rings. The average Bonchev–Trinajstić information content (AvgIpc) is 3.04. The van der Waals surface area contributed by atoms with Crippen LogP contribution in [0.25, 0.3) is 5.70 Å². The van der Waals surface area contributed by atoms with Crippen molar-refractivity contribution in [3.05, 3.63) is 81.0 Å². The molecular weight excluding hydrogens is 414 g/mol. The number of hydrogen-bond donors (Lipinski definition) is 1. The number of allylic oxidation sites excluding steroid dienone is 2. The lowest BCUT2D eigenvalue weighted by Crippen LogP contribution is -2.29. The molecule has 0 aromatic heterocycles. The summed E-state index contributed by atoms with van der Waals surface area (Å²) in [5.41, 5.74) is 4.34. The fourth-order valence-corrected chi connectivity index (χ4v) is 4.32. The predicted octanol–water partition coefficient (Wildman–Crippen LogP) is 4.48. The minimum absolute atomic E-state index is 0.0859. The molecule has 0 radical (unpaired) electrons. The van der Waals surface area contributed by atoms with Crippen LogP contribution in [0.15, 0.2) is 59.3 Å². The number of esters is 1. The Morgan fingerprint density at radius 3 is 2.65 bits per heavy atom. The van der Waals surface area contributed by atoms with Crippen molar-refractivity contribution in [1.82, 2.24) is 5.32 Å². The minimum Gasteiger partial charge on any atom is -0.479 e. The van der Waals surface area contributed by atoms with Crippen LogP contribution in [0, 0.1) is 12.3 Å². The van der Waals surface area contributed by atoms with E-state index in [1.165, 1.54) is 0 Å². The molecule has 1 N–H and O–H groups in total. The van der Waals surface area contributed by atoms with E-state index in [-0.39, 0.29) is 19.0 Å². The van der Waals surface area contributed by atoms with Crippen molar-refractivity contribution < 1.29 is 19.1 Å². The Labute approximate surface area is 185 Å². The van der Waals surface area contributed by atoms with Gasteiger partial charge in [-0.1, -0.05) is 47.9 Å². The SMILES string of the molecule is C#CCOc1ccc([C@@H]2C(C(=O)OCC)=C(C)NC3=C2C(=O)c2ccccc23)cc1Cl. The van der Waals surface area contributed by atoms with Gasteiger partial charge in [-0.3, -0.25) is 4.79 Å². The van der Waals surface area contributed by atoms with Crippen molar-refractivity contribution in [2.75, 3.05) is 13.2 Å². The summed E-state index contributed by atoms with van der Waals surface area (Å²) in [6.45, 7) is 3.86. The number of carbonyl (C=O) groups is 2. The van der Waals surface area contributed by atoms with Crippen LogP contribution in [0.1, 0.15) is 41.3 Å². The molecule has 156 valence electrons. The Hall–Kier alpha value is -3.49. The van der Waals surface area contributed by atoms with Gasteiger partial charge in [0.25, 0.3) is 0 Å². The van der Waals surface area contributed by atoms with E-state index in [1.807, 2.05) is 18.2 Å². The number of rotatable bonds is 5. The van der Waals surface area contributed by atoms with Gasteiger partial charge in [0.2, 0.25) is 0 Å². The molecule has 2 aromatic carbocycles. The Kier molecular flexibility index (Phi) is 5.58. The van der Waals surface area contributed by atoms with E-state index in [1.54, 1.807) is 38.1 Å². The summed E-state index contributed by atoms with van der Waals surface area (Å²) >= 11 is 6.44. The number of benzene rings is 2. The zero-order valence-corrected chi connectivity index (χ0v) is 17.9. The van der Waals surface area contributed by atoms with Gasteiger partial charge in [-0.05, 0) is 31.5 Å². The summed E-state index contributed by atoms with van der Waals surface area (Å²) < 4.78 is 10.8. The molecule has 31 heavy (non-hydrogen) atoms. The maximum Gasteiger partial charge on any atom is 0.336 e. The number of nitrogens with one attached hydrogen (secondary N) is 1. The van der Waals surface area contributed by atoms with Crippen molar-refractivity contribution in [2.24, 2.45) is 0 Å². The summed E-state index contributed by atoms with van der Waals surface area (Å²) in [7, 11) is 0. The Morgan fingerprint density at radius 1 is 1.23 bits per heavy atom. The molecule has 0 spiro atoms. The molecule has 0 saturated carbocycles. The van der Waals surface area contributed by atoms with Crippen LogP contribution in [0.3, 0.4) is 0 Å². The highest BCUT2D eigenvalue weighted by atomic mass is 35.5. The van der Waals surface area contributed by atoms with Gasteiger partial charge in [0.05, 0.1) is 22.9 Å². The van der Waals surface area contributed by atoms with E-state index >= 15 is 0 Å². The lowest BCUT2D eigenvalue weighted by atomic mass is 9.80. The zero-order chi connectivity index (χ0) is 22.1. The van der Waals surface area contributed by atoms with Gasteiger partial charge in [0.15, 0.2) is 5.78 Å². The number of halogens is 1. The standard InChI is InChI=1S/C25H20ClNO4/c1-4-12-31-19-11-10-15(13-18(19)26)21-20(25(29)30-5-2)14(3)27-23-16-8-6-7-9-17(16)24(28)22(21)23/h1,6-11,13,21,27H,5,12H2,2-3H3/t21-/m1/s1. The number of hydrogen-bond acceptors (Lipinski definition) is 5. The lowest BCUT2D eigenvalue weighted by Gasteiger charge is -2.29. The van der Waals surface area contributed by atoms with E-state index in [2.05, 4.69) is 11.2 Å². The van der Waals surface area contributed by atoms with Crippen LogP contribution >= 0.6 is 11.6 Å². The molecule has 1 aliphatic carbocycles. The van der Waals surface area contributed by atoms with Gasteiger partial charge in [-0.2, -0.15) is 0 Å². The second-order valence-corrected chi connectivity index (χ2v) is 7.57. The van der Waals surface area contributed by atoms with Crippen molar-refractivity contribution in [2.45, 2.75) is 19.8 Å². The Morgan fingerprint density at radius 2 is 1.97 bits per heavy atom. The summed E-state index contributed by atoms with van der Waals surface area (Å²) in [6, 6.07) is 12.6. The first kappa shape index (κ1) is 20.8. The van der Waals surface area contributed by atoms with Crippen LogP contribution in [0.2, 0.25) is 5.02 Å². The second kappa shape index (κ2) is 8.33. The molecular formula is C25H20ClNO4. The van der Waals surface area contributed by atoms with Crippen LogP contribution in [-0.2, 0) is 9.53 Å². The van der Waals surface area contributed by atoms with Crippen molar-refractivity contribution in [3.8, 4) is 18.1 Å². The number of fused-ring (bicyclic) bond motifs is 2. The van der Waals surface area contributed by atoms with Gasteiger partial charge in [-0.15, -0.1) is 6.42 Å². The first-order chi connectivity index (χ1) is 15.0. The van der Waals surface area contributed by atoms with Crippen LogP contribution in [0.5, 0.6) is 5.75 Å². The molecule has 6 heteroatoms. The number of Topliss-reactive ketones (excluding diaryl/α,β-unsaturated/α-hetero) is 1. The predicted molar refractivity (Wildman–Crippen MR) is 119 cm³/mol. The summed E-state index contributed by atoms with van der Waals surface area (Å²) in [4.78, 5) is 26.3. The van der Waals surface area contributed by atoms with E-state index in [4.69, 9.17) is 27.5 Å².